The molecule has 4 nitrogen and oxygen atoms in total. The molecule has 1 heterocycles. The molecule has 112 valence electrons. The molecule has 1 fully saturated rings. The molecule has 0 bridgehead atoms. The van der Waals surface area contributed by atoms with Crippen LogP contribution >= 0.6 is 0 Å². The van der Waals surface area contributed by atoms with Gasteiger partial charge in [0.15, 0.2) is 0 Å². The zero-order valence-corrected chi connectivity index (χ0v) is 13.0. The maximum atomic E-state index is 12.9. The standard InChI is InChI=1S/C15H24N2O2S/c1-2-13-8-9-14(16)12-15(13)20(18,19)17-10-6-4-3-5-7-11-17/h8-9,12H,2-7,10-11,16H2,1H3. The molecule has 0 unspecified atom stereocenters. The van der Waals surface area contributed by atoms with E-state index in [1.807, 2.05) is 13.0 Å². The summed E-state index contributed by atoms with van der Waals surface area (Å²) in [5.41, 5.74) is 7.14. The fourth-order valence-corrected chi connectivity index (χ4v) is 4.55. The minimum atomic E-state index is -3.41. The van der Waals surface area contributed by atoms with E-state index >= 15 is 0 Å². The molecule has 0 atom stereocenters. The molecule has 0 spiro atoms. The molecule has 1 saturated heterocycles. The zero-order chi connectivity index (χ0) is 14.6. The Kier molecular flexibility index (Phi) is 5.05. The van der Waals surface area contributed by atoms with Crippen LogP contribution in [0.25, 0.3) is 0 Å². The number of hydrogen-bond acceptors (Lipinski definition) is 3. The van der Waals surface area contributed by atoms with Crippen molar-refractivity contribution in [2.24, 2.45) is 0 Å². The number of anilines is 1. The molecular weight excluding hydrogens is 272 g/mol. The van der Waals surface area contributed by atoms with E-state index in [0.29, 0.717) is 30.1 Å². The Morgan fingerprint density at radius 3 is 2.30 bits per heavy atom. The van der Waals surface area contributed by atoms with E-state index in [4.69, 9.17) is 5.73 Å². The Morgan fingerprint density at radius 1 is 1.10 bits per heavy atom. The van der Waals surface area contributed by atoms with Gasteiger partial charge in [-0.25, -0.2) is 8.42 Å². The molecule has 0 aromatic heterocycles. The molecule has 2 rings (SSSR count). The zero-order valence-electron chi connectivity index (χ0n) is 12.1. The van der Waals surface area contributed by atoms with Crippen molar-refractivity contribution in [1.29, 1.82) is 0 Å². The number of nitrogens with zero attached hydrogens (tertiary/aromatic N) is 1. The van der Waals surface area contributed by atoms with Gasteiger partial charge in [0.2, 0.25) is 10.0 Å². The third-order valence-electron chi connectivity index (χ3n) is 3.90. The van der Waals surface area contributed by atoms with Gasteiger partial charge < -0.3 is 5.73 Å². The lowest BCUT2D eigenvalue weighted by atomic mass is 10.1. The summed E-state index contributed by atoms with van der Waals surface area (Å²) < 4.78 is 27.3. The lowest BCUT2D eigenvalue weighted by Crippen LogP contribution is -2.34. The van der Waals surface area contributed by atoms with E-state index in [1.54, 1.807) is 16.4 Å². The second-order valence-electron chi connectivity index (χ2n) is 5.39. The molecule has 0 amide bonds. The van der Waals surface area contributed by atoms with Gasteiger partial charge in [0.05, 0.1) is 4.90 Å². The highest BCUT2D eigenvalue weighted by Crippen LogP contribution is 2.25. The van der Waals surface area contributed by atoms with Crippen molar-refractivity contribution in [3.05, 3.63) is 23.8 Å². The van der Waals surface area contributed by atoms with Gasteiger partial charge in [0.1, 0.15) is 0 Å². The lowest BCUT2D eigenvalue weighted by molar-refractivity contribution is 0.364. The fraction of sp³-hybridized carbons (Fsp3) is 0.600. The van der Waals surface area contributed by atoms with Gasteiger partial charge in [-0.2, -0.15) is 4.31 Å². The summed E-state index contributed by atoms with van der Waals surface area (Å²) in [6.07, 6.45) is 6.04. The number of sulfonamides is 1. The van der Waals surface area contributed by atoms with Crippen molar-refractivity contribution in [2.45, 2.75) is 50.3 Å². The summed E-state index contributed by atoms with van der Waals surface area (Å²) in [7, 11) is -3.41. The number of benzene rings is 1. The molecule has 1 aliphatic rings. The maximum absolute atomic E-state index is 12.9. The number of rotatable bonds is 3. The summed E-state index contributed by atoms with van der Waals surface area (Å²) >= 11 is 0. The van der Waals surface area contributed by atoms with Gasteiger partial charge in [-0.05, 0) is 37.0 Å². The first-order valence-corrected chi connectivity index (χ1v) is 8.88. The highest BCUT2D eigenvalue weighted by atomic mass is 32.2. The van der Waals surface area contributed by atoms with E-state index in [9.17, 15) is 8.42 Å². The molecule has 0 radical (unpaired) electrons. The normalized spacial score (nSPS) is 18.4. The minimum Gasteiger partial charge on any atom is -0.399 e. The quantitative estimate of drug-likeness (QED) is 0.872. The van der Waals surface area contributed by atoms with E-state index in [1.165, 1.54) is 6.42 Å². The summed E-state index contributed by atoms with van der Waals surface area (Å²) in [4.78, 5) is 0.389. The number of aryl methyl sites for hydroxylation is 1. The third kappa shape index (κ3) is 3.33. The van der Waals surface area contributed by atoms with Crippen LogP contribution in [0.1, 0.15) is 44.6 Å². The summed E-state index contributed by atoms with van der Waals surface area (Å²) in [6.45, 7) is 3.22. The summed E-state index contributed by atoms with van der Waals surface area (Å²) in [6, 6.07) is 5.20. The molecule has 0 aliphatic carbocycles. The predicted molar refractivity (Wildman–Crippen MR) is 82.1 cm³/mol. The van der Waals surface area contributed by atoms with Gasteiger partial charge >= 0.3 is 0 Å². The van der Waals surface area contributed by atoms with Gasteiger partial charge in [-0.3, -0.25) is 0 Å². The van der Waals surface area contributed by atoms with Crippen LogP contribution < -0.4 is 5.73 Å². The average molecular weight is 296 g/mol. The smallest absolute Gasteiger partial charge is 0.243 e. The van der Waals surface area contributed by atoms with Gasteiger partial charge in [-0.1, -0.05) is 32.3 Å². The molecular formula is C15H24N2O2S. The van der Waals surface area contributed by atoms with Crippen LogP contribution in [0, 0.1) is 0 Å². The molecule has 1 aliphatic heterocycles. The van der Waals surface area contributed by atoms with Gasteiger partial charge in [0, 0.05) is 18.8 Å². The summed E-state index contributed by atoms with van der Waals surface area (Å²) in [5.74, 6) is 0. The Labute approximate surface area is 122 Å². The predicted octanol–water partition coefficient (Wildman–Crippen LogP) is 2.79. The van der Waals surface area contributed by atoms with E-state index in [0.717, 1.165) is 31.2 Å². The fourth-order valence-electron chi connectivity index (χ4n) is 2.70. The number of hydrogen-bond donors (Lipinski definition) is 1. The monoisotopic (exact) mass is 296 g/mol. The van der Waals surface area contributed by atoms with Gasteiger partial charge in [-0.15, -0.1) is 0 Å². The van der Waals surface area contributed by atoms with Crippen LogP contribution in [-0.4, -0.2) is 25.8 Å². The van der Waals surface area contributed by atoms with Crippen molar-refractivity contribution in [2.75, 3.05) is 18.8 Å². The highest BCUT2D eigenvalue weighted by Gasteiger charge is 2.26. The molecule has 5 heteroatoms. The van der Waals surface area contributed by atoms with E-state index in [2.05, 4.69) is 0 Å². The number of nitrogen functional groups attached to an aromatic ring is 1. The Morgan fingerprint density at radius 2 is 1.70 bits per heavy atom. The van der Waals surface area contributed by atoms with Crippen LogP contribution in [0.5, 0.6) is 0 Å². The number of nitrogens with two attached hydrogens (primary N) is 1. The summed E-state index contributed by atoms with van der Waals surface area (Å²) in [5, 5.41) is 0. The second kappa shape index (κ2) is 6.59. The Balaban J connectivity index is 2.35. The lowest BCUT2D eigenvalue weighted by Gasteiger charge is -2.25. The van der Waals surface area contributed by atoms with Crippen LogP contribution in [0.3, 0.4) is 0 Å². The largest absolute Gasteiger partial charge is 0.399 e. The van der Waals surface area contributed by atoms with Crippen molar-refractivity contribution in [1.82, 2.24) is 4.31 Å². The molecule has 1 aromatic rings. The minimum absolute atomic E-state index is 0.389. The highest BCUT2D eigenvalue weighted by molar-refractivity contribution is 7.89. The first kappa shape index (κ1) is 15.3. The molecule has 0 saturated carbocycles. The second-order valence-corrected chi connectivity index (χ2v) is 7.30. The van der Waals surface area contributed by atoms with Crippen molar-refractivity contribution in [3.63, 3.8) is 0 Å². The molecule has 2 N–H and O–H groups in total. The van der Waals surface area contributed by atoms with Crippen molar-refractivity contribution < 1.29 is 8.42 Å². The topological polar surface area (TPSA) is 63.4 Å². The van der Waals surface area contributed by atoms with E-state index in [-0.39, 0.29) is 0 Å². The van der Waals surface area contributed by atoms with E-state index < -0.39 is 10.0 Å². The van der Waals surface area contributed by atoms with Crippen molar-refractivity contribution in [3.8, 4) is 0 Å². The molecule has 20 heavy (non-hydrogen) atoms. The molecule has 1 aromatic carbocycles. The third-order valence-corrected chi connectivity index (χ3v) is 5.89. The van der Waals surface area contributed by atoms with Crippen LogP contribution in [-0.2, 0) is 16.4 Å². The van der Waals surface area contributed by atoms with Crippen LogP contribution in [0.2, 0.25) is 0 Å². The first-order valence-electron chi connectivity index (χ1n) is 7.44. The van der Waals surface area contributed by atoms with Crippen LogP contribution in [0.15, 0.2) is 23.1 Å². The Hall–Kier alpha value is -1.07. The SMILES string of the molecule is CCc1ccc(N)cc1S(=O)(=O)N1CCCCCCC1. The van der Waals surface area contributed by atoms with Crippen molar-refractivity contribution >= 4 is 15.7 Å². The first-order chi connectivity index (χ1) is 9.55. The van der Waals surface area contributed by atoms with Gasteiger partial charge in [0.25, 0.3) is 0 Å². The average Bonchev–Trinajstić information content (AvgIpc) is 2.37. The Bertz CT molecular complexity index is 547. The van der Waals surface area contributed by atoms with Crippen LogP contribution in [0.4, 0.5) is 5.69 Å². The maximum Gasteiger partial charge on any atom is 0.243 e.